The van der Waals surface area contributed by atoms with E-state index in [1.807, 2.05) is 13.8 Å². The first kappa shape index (κ1) is 13.7. The highest BCUT2D eigenvalue weighted by atomic mass is 35.5. The lowest BCUT2D eigenvalue weighted by Crippen LogP contribution is -2.15. The number of pyridine rings is 1. The molecule has 4 heteroatoms. The van der Waals surface area contributed by atoms with E-state index in [0.29, 0.717) is 16.2 Å². The predicted octanol–water partition coefficient (Wildman–Crippen LogP) is 2.89. The van der Waals surface area contributed by atoms with Gasteiger partial charge in [-0.1, -0.05) is 32.0 Å². The summed E-state index contributed by atoms with van der Waals surface area (Å²) in [7, 11) is 0. The Kier molecular flexibility index (Phi) is 5.64. The van der Waals surface area contributed by atoms with Gasteiger partial charge in [0, 0.05) is 11.8 Å². The topological polar surface area (TPSA) is 56.0 Å². The third-order valence-corrected chi connectivity index (χ3v) is 1.75. The van der Waals surface area contributed by atoms with Crippen molar-refractivity contribution in [3.63, 3.8) is 0 Å². The monoisotopic (exact) mass is 226 g/mol. The highest BCUT2D eigenvalue weighted by Gasteiger charge is 2.10. The van der Waals surface area contributed by atoms with Crippen molar-refractivity contribution in [3.05, 3.63) is 35.1 Å². The molecule has 1 aromatic heterocycles. The zero-order chi connectivity index (χ0) is 12.0. The predicted molar refractivity (Wildman–Crippen MR) is 63.8 cm³/mol. The number of rotatable bonds is 2. The van der Waals surface area contributed by atoms with Crippen LogP contribution in [-0.2, 0) is 0 Å². The van der Waals surface area contributed by atoms with Gasteiger partial charge >= 0.3 is 0 Å². The number of aromatic nitrogens is 1. The van der Waals surface area contributed by atoms with Crippen LogP contribution in [0.2, 0.25) is 5.02 Å². The van der Waals surface area contributed by atoms with Gasteiger partial charge in [-0.05, 0) is 18.6 Å². The Hall–Kier alpha value is -1.35. The fourth-order valence-corrected chi connectivity index (χ4v) is 1.12. The van der Waals surface area contributed by atoms with Crippen molar-refractivity contribution in [3.8, 4) is 0 Å². The SMILES string of the molecule is C=C(C)c1cc(Cl)cnc1C(N)=O.CC. The molecule has 0 saturated carbocycles. The van der Waals surface area contributed by atoms with Gasteiger partial charge in [-0.25, -0.2) is 4.98 Å². The van der Waals surface area contributed by atoms with Crippen molar-refractivity contribution in [2.24, 2.45) is 5.73 Å². The minimum atomic E-state index is -0.574. The van der Waals surface area contributed by atoms with E-state index in [2.05, 4.69) is 11.6 Å². The normalized spacial score (nSPS) is 8.80. The van der Waals surface area contributed by atoms with Gasteiger partial charge in [0.2, 0.25) is 0 Å². The molecule has 0 aliphatic heterocycles. The molecule has 0 atom stereocenters. The van der Waals surface area contributed by atoms with Crippen molar-refractivity contribution in [1.29, 1.82) is 0 Å². The van der Waals surface area contributed by atoms with Gasteiger partial charge in [0.15, 0.2) is 0 Å². The summed E-state index contributed by atoms with van der Waals surface area (Å²) >= 11 is 5.71. The van der Waals surface area contributed by atoms with E-state index in [1.54, 1.807) is 13.0 Å². The molecule has 1 amide bonds. The van der Waals surface area contributed by atoms with Crippen LogP contribution in [-0.4, -0.2) is 10.9 Å². The molecule has 2 N–H and O–H groups in total. The number of amides is 1. The van der Waals surface area contributed by atoms with Gasteiger partial charge in [-0.15, -0.1) is 0 Å². The van der Waals surface area contributed by atoms with Gasteiger partial charge in [0.25, 0.3) is 5.91 Å². The number of nitrogens with two attached hydrogens (primary N) is 1. The molecule has 0 bridgehead atoms. The first-order valence-electron chi connectivity index (χ1n) is 4.63. The molecule has 0 aromatic carbocycles. The molecule has 0 unspecified atom stereocenters. The second-order valence-electron chi connectivity index (χ2n) is 2.69. The first-order chi connectivity index (χ1) is 7.02. The number of halogens is 1. The molecular formula is C11H15ClN2O. The Balaban J connectivity index is 0.000000921. The van der Waals surface area contributed by atoms with Crippen LogP contribution in [0.5, 0.6) is 0 Å². The fraction of sp³-hybridized carbons (Fsp3) is 0.273. The number of hydrogen-bond donors (Lipinski definition) is 1. The number of primary amides is 1. The van der Waals surface area contributed by atoms with E-state index >= 15 is 0 Å². The lowest BCUT2D eigenvalue weighted by atomic mass is 10.1. The molecule has 1 rings (SSSR count). The summed E-state index contributed by atoms with van der Waals surface area (Å²) in [6.45, 7) is 9.47. The minimum Gasteiger partial charge on any atom is -0.364 e. The molecule has 0 aliphatic rings. The second kappa shape index (κ2) is 6.19. The average Bonchev–Trinajstić information content (AvgIpc) is 2.20. The summed E-state index contributed by atoms with van der Waals surface area (Å²) in [5.74, 6) is -0.574. The van der Waals surface area contributed by atoms with Crippen molar-refractivity contribution in [2.75, 3.05) is 0 Å². The van der Waals surface area contributed by atoms with Crippen LogP contribution < -0.4 is 5.73 Å². The van der Waals surface area contributed by atoms with Crippen molar-refractivity contribution < 1.29 is 4.79 Å². The molecule has 0 aliphatic carbocycles. The summed E-state index contributed by atoms with van der Waals surface area (Å²) in [5.41, 5.74) is 6.63. The van der Waals surface area contributed by atoms with Crippen LogP contribution in [0.1, 0.15) is 36.8 Å². The zero-order valence-electron chi connectivity index (χ0n) is 9.17. The molecule has 82 valence electrons. The van der Waals surface area contributed by atoms with E-state index < -0.39 is 5.91 Å². The Bertz CT molecular complexity index is 375. The summed E-state index contributed by atoms with van der Waals surface area (Å²) in [6, 6.07) is 1.62. The third kappa shape index (κ3) is 3.72. The molecule has 0 radical (unpaired) electrons. The van der Waals surface area contributed by atoms with E-state index in [1.165, 1.54) is 6.20 Å². The minimum absolute atomic E-state index is 0.205. The van der Waals surface area contributed by atoms with Crippen LogP contribution in [0, 0.1) is 0 Å². The van der Waals surface area contributed by atoms with Gasteiger partial charge in [-0.3, -0.25) is 4.79 Å². The maximum atomic E-state index is 10.9. The Morgan fingerprint density at radius 1 is 1.53 bits per heavy atom. The van der Waals surface area contributed by atoms with E-state index in [9.17, 15) is 4.79 Å². The van der Waals surface area contributed by atoms with Crippen LogP contribution in [0.15, 0.2) is 18.8 Å². The molecule has 0 spiro atoms. The Morgan fingerprint density at radius 3 is 2.47 bits per heavy atom. The van der Waals surface area contributed by atoms with E-state index in [4.69, 9.17) is 17.3 Å². The Morgan fingerprint density at radius 2 is 2.07 bits per heavy atom. The van der Waals surface area contributed by atoms with Crippen molar-refractivity contribution >= 4 is 23.1 Å². The quantitative estimate of drug-likeness (QED) is 0.843. The number of hydrogen-bond acceptors (Lipinski definition) is 2. The van der Waals surface area contributed by atoms with Crippen LogP contribution in [0.3, 0.4) is 0 Å². The smallest absolute Gasteiger partial charge is 0.267 e. The molecule has 1 heterocycles. The maximum absolute atomic E-state index is 10.9. The largest absolute Gasteiger partial charge is 0.364 e. The standard InChI is InChI=1S/C9H9ClN2O.C2H6/c1-5(2)7-3-6(10)4-12-8(7)9(11)13;1-2/h3-4H,1H2,2H3,(H2,11,13);1-2H3. The van der Waals surface area contributed by atoms with E-state index in [-0.39, 0.29) is 5.69 Å². The van der Waals surface area contributed by atoms with E-state index in [0.717, 1.165) is 0 Å². The average molecular weight is 227 g/mol. The lowest BCUT2D eigenvalue weighted by Gasteiger charge is -2.04. The van der Waals surface area contributed by atoms with Crippen LogP contribution >= 0.6 is 11.6 Å². The fourth-order valence-electron chi connectivity index (χ4n) is 0.961. The van der Waals surface area contributed by atoms with Crippen molar-refractivity contribution in [1.82, 2.24) is 4.98 Å². The number of allylic oxidation sites excluding steroid dienone is 1. The number of carbonyl (C=O) groups is 1. The third-order valence-electron chi connectivity index (χ3n) is 1.55. The molecule has 0 saturated heterocycles. The molecular weight excluding hydrogens is 212 g/mol. The first-order valence-corrected chi connectivity index (χ1v) is 5.01. The van der Waals surface area contributed by atoms with Gasteiger partial charge in [0.1, 0.15) is 5.69 Å². The highest BCUT2D eigenvalue weighted by Crippen LogP contribution is 2.19. The molecule has 1 aromatic rings. The van der Waals surface area contributed by atoms with Gasteiger partial charge < -0.3 is 5.73 Å². The van der Waals surface area contributed by atoms with Gasteiger partial charge in [-0.2, -0.15) is 0 Å². The summed E-state index contributed by atoms with van der Waals surface area (Å²) in [4.78, 5) is 14.7. The summed E-state index contributed by atoms with van der Waals surface area (Å²) in [6.07, 6.45) is 1.38. The highest BCUT2D eigenvalue weighted by molar-refractivity contribution is 6.30. The van der Waals surface area contributed by atoms with Crippen molar-refractivity contribution in [2.45, 2.75) is 20.8 Å². The summed E-state index contributed by atoms with van der Waals surface area (Å²) < 4.78 is 0. The second-order valence-corrected chi connectivity index (χ2v) is 3.13. The number of carbonyl (C=O) groups excluding carboxylic acids is 1. The lowest BCUT2D eigenvalue weighted by molar-refractivity contribution is 0.0995. The molecule has 3 nitrogen and oxygen atoms in total. The maximum Gasteiger partial charge on any atom is 0.267 e. The van der Waals surface area contributed by atoms with Crippen LogP contribution in [0.25, 0.3) is 5.57 Å². The Labute approximate surface area is 95.0 Å². The molecule has 0 fully saturated rings. The summed E-state index contributed by atoms with van der Waals surface area (Å²) in [5, 5.41) is 0.461. The number of nitrogens with zero attached hydrogens (tertiary/aromatic N) is 1. The van der Waals surface area contributed by atoms with Crippen LogP contribution in [0.4, 0.5) is 0 Å². The van der Waals surface area contributed by atoms with Gasteiger partial charge in [0.05, 0.1) is 5.02 Å². The molecule has 15 heavy (non-hydrogen) atoms. The zero-order valence-corrected chi connectivity index (χ0v) is 9.93.